The van der Waals surface area contributed by atoms with Crippen LogP contribution in [0.25, 0.3) is 0 Å². The number of nitrogens with two attached hydrogens (primary N) is 1. The molecule has 0 spiro atoms. The fraction of sp³-hybridized carbons (Fsp3) is 0.769. The summed E-state index contributed by atoms with van der Waals surface area (Å²) in [5.41, 5.74) is 4.02. The normalized spacial score (nSPS) is 14.8. The predicted molar refractivity (Wildman–Crippen MR) is 71.6 cm³/mol. The van der Waals surface area contributed by atoms with Gasteiger partial charge in [-0.1, -0.05) is 26.7 Å². The van der Waals surface area contributed by atoms with Crippen molar-refractivity contribution in [3.8, 4) is 0 Å². The van der Waals surface area contributed by atoms with Gasteiger partial charge in [0.15, 0.2) is 0 Å². The van der Waals surface area contributed by atoms with Crippen LogP contribution in [0.15, 0.2) is 12.3 Å². The molecule has 0 radical (unpaired) electrons. The van der Waals surface area contributed by atoms with Gasteiger partial charge in [-0.3, -0.25) is 16.0 Å². The molecule has 1 heterocycles. The smallest absolute Gasteiger partial charge is 0.0640 e. The molecule has 4 heteroatoms. The molecular weight excluding hydrogens is 212 g/mol. The van der Waals surface area contributed by atoms with Gasteiger partial charge < -0.3 is 0 Å². The summed E-state index contributed by atoms with van der Waals surface area (Å²) in [7, 11) is 0. The van der Waals surface area contributed by atoms with Gasteiger partial charge in [0.25, 0.3) is 0 Å². The Balaban J connectivity index is 2.52. The molecule has 1 aromatic heterocycles. The van der Waals surface area contributed by atoms with E-state index >= 15 is 0 Å². The number of hydrogen-bond acceptors (Lipinski definition) is 3. The molecule has 1 aromatic rings. The van der Waals surface area contributed by atoms with Crippen molar-refractivity contribution in [1.29, 1.82) is 0 Å². The van der Waals surface area contributed by atoms with Crippen molar-refractivity contribution in [2.45, 2.75) is 65.0 Å². The second-order valence-corrected chi connectivity index (χ2v) is 4.75. The Kier molecular flexibility index (Phi) is 6.22. The SMILES string of the molecule is CCCCC(Cc1ccn(C(C)CC)n1)NN. The van der Waals surface area contributed by atoms with Crippen LogP contribution in [0.2, 0.25) is 0 Å². The highest BCUT2D eigenvalue weighted by atomic mass is 15.3. The Bertz CT molecular complexity index is 308. The highest BCUT2D eigenvalue weighted by Crippen LogP contribution is 2.11. The first-order valence-electron chi connectivity index (χ1n) is 6.71. The van der Waals surface area contributed by atoms with E-state index in [1.165, 1.54) is 12.8 Å². The van der Waals surface area contributed by atoms with E-state index in [1.54, 1.807) is 0 Å². The van der Waals surface area contributed by atoms with Crippen LogP contribution < -0.4 is 11.3 Å². The lowest BCUT2D eigenvalue weighted by atomic mass is 10.1. The van der Waals surface area contributed by atoms with Crippen molar-refractivity contribution in [3.63, 3.8) is 0 Å². The average Bonchev–Trinajstić information content (AvgIpc) is 2.81. The van der Waals surface area contributed by atoms with Gasteiger partial charge in [0.2, 0.25) is 0 Å². The fourth-order valence-corrected chi connectivity index (χ4v) is 1.87. The van der Waals surface area contributed by atoms with Gasteiger partial charge in [-0.2, -0.15) is 5.10 Å². The third-order valence-corrected chi connectivity index (χ3v) is 3.30. The van der Waals surface area contributed by atoms with Crippen LogP contribution in [-0.2, 0) is 6.42 Å². The van der Waals surface area contributed by atoms with E-state index in [1.807, 2.05) is 4.68 Å². The molecule has 0 amide bonds. The van der Waals surface area contributed by atoms with Crippen LogP contribution in [0.5, 0.6) is 0 Å². The Morgan fingerprint density at radius 3 is 2.82 bits per heavy atom. The first kappa shape index (κ1) is 14.2. The quantitative estimate of drug-likeness (QED) is 0.540. The maximum Gasteiger partial charge on any atom is 0.0640 e. The number of hydrazine groups is 1. The summed E-state index contributed by atoms with van der Waals surface area (Å²) in [6.07, 6.45) is 7.62. The minimum atomic E-state index is 0.343. The third-order valence-electron chi connectivity index (χ3n) is 3.30. The molecule has 0 saturated carbocycles. The predicted octanol–water partition coefficient (Wildman–Crippen LogP) is 2.42. The summed E-state index contributed by atoms with van der Waals surface area (Å²) in [4.78, 5) is 0. The molecule has 0 aliphatic heterocycles. The standard InChI is InChI=1S/C13H26N4/c1-4-6-7-12(15-14)10-13-8-9-17(16-13)11(3)5-2/h8-9,11-12,15H,4-7,10,14H2,1-3H3. The van der Waals surface area contributed by atoms with E-state index in [-0.39, 0.29) is 0 Å². The molecule has 0 aliphatic carbocycles. The zero-order valence-electron chi connectivity index (χ0n) is 11.3. The lowest BCUT2D eigenvalue weighted by Gasteiger charge is -2.14. The van der Waals surface area contributed by atoms with Crippen LogP contribution in [-0.4, -0.2) is 15.8 Å². The van der Waals surface area contributed by atoms with E-state index in [2.05, 4.69) is 43.6 Å². The van der Waals surface area contributed by atoms with Gasteiger partial charge in [-0.15, -0.1) is 0 Å². The molecule has 4 nitrogen and oxygen atoms in total. The first-order chi connectivity index (χ1) is 8.21. The van der Waals surface area contributed by atoms with E-state index in [4.69, 9.17) is 5.84 Å². The summed E-state index contributed by atoms with van der Waals surface area (Å²) in [5, 5.41) is 4.60. The van der Waals surface area contributed by atoms with E-state index in [0.717, 1.165) is 25.0 Å². The maximum atomic E-state index is 5.57. The van der Waals surface area contributed by atoms with E-state index in [9.17, 15) is 0 Å². The molecule has 98 valence electrons. The minimum absolute atomic E-state index is 0.343. The molecule has 0 bridgehead atoms. The van der Waals surface area contributed by atoms with E-state index in [0.29, 0.717) is 12.1 Å². The minimum Gasteiger partial charge on any atom is -0.271 e. The van der Waals surface area contributed by atoms with Crippen molar-refractivity contribution in [2.24, 2.45) is 5.84 Å². The Hall–Kier alpha value is -0.870. The van der Waals surface area contributed by atoms with Crippen molar-refractivity contribution in [3.05, 3.63) is 18.0 Å². The van der Waals surface area contributed by atoms with Gasteiger partial charge in [0, 0.05) is 24.7 Å². The summed E-state index contributed by atoms with van der Waals surface area (Å²) in [6, 6.07) is 2.92. The summed E-state index contributed by atoms with van der Waals surface area (Å²) in [5.74, 6) is 5.57. The van der Waals surface area contributed by atoms with Gasteiger partial charge >= 0.3 is 0 Å². The maximum absolute atomic E-state index is 5.57. The third kappa shape index (κ3) is 4.48. The van der Waals surface area contributed by atoms with Gasteiger partial charge in [0.1, 0.15) is 0 Å². The molecule has 0 aromatic carbocycles. The molecule has 0 aliphatic rings. The number of rotatable bonds is 8. The van der Waals surface area contributed by atoms with Gasteiger partial charge in [-0.05, 0) is 25.8 Å². The van der Waals surface area contributed by atoms with Crippen LogP contribution in [0, 0.1) is 0 Å². The van der Waals surface area contributed by atoms with Gasteiger partial charge in [-0.25, -0.2) is 0 Å². The molecular formula is C13H26N4. The topological polar surface area (TPSA) is 55.9 Å². The molecule has 0 saturated heterocycles. The molecule has 3 N–H and O–H groups in total. The van der Waals surface area contributed by atoms with E-state index < -0.39 is 0 Å². The zero-order valence-corrected chi connectivity index (χ0v) is 11.3. The fourth-order valence-electron chi connectivity index (χ4n) is 1.87. The number of nitrogens with zero attached hydrogens (tertiary/aromatic N) is 2. The largest absolute Gasteiger partial charge is 0.271 e. The van der Waals surface area contributed by atoms with Crippen LogP contribution in [0.4, 0.5) is 0 Å². The number of nitrogens with one attached hydrogen (secondary N) is 1. The van der Waals surface area contributed by atoms with Crippen molar-refractivity contribution < 1.29 is 0 Å². The highest BCUT2D eigenvalue weighted by molar-refractivity contribution is 5.02. The van der Waals surface area contributed by atoms with Crippen molar-refractivity contribution >= 4 is 0 Å². The molecule has 2 unspecified atom stereocenters. The monoisotopic (exact) mass is 238 g/mol. The molecule has 17 heavy (non-hydrogen) atoms. The molecule has 0 fully saturated rings. The number of hydrogen-bond donors (Lipinski definition) is 2. The lowest BCUT2D eigenvalue weighted by molar-refractivity contribution is 0.450. The Morgan fingerprint density at radius 1 is 1.47 bits per heavy atom. The average molecular weight is 238 g/mol. The van der Waals surface area contributed by atoms with Crippen LogP contribution in [0.3, 0.4) is 0 Å². The zero-order chi connectivity index (χ0) is 12.7. The Labute approximate surface area is 105 Å². The molecule has 1 rings (SSSR count). The van der Waals surface area contributed by atoms with Gasteiger partial charge in [0.05, 0.1) is 5.69 Å². The second-order valence-electron chi connectivity index (χ2n) is 4.75. The number of aromatic nitrogens is 2. The Morgan fingerprint density at radius 2 is 2.24 bits per heavy atom. The van der Waals surface area contributed by atoms with Crippen LogP contribution in [0.1, 0.15) is 58.2 Å². The lowest BCUT2D eigenvalue weighted by Crippen LogP contribution is -2.36. The summed E-state index contributed by atoms with van der Waals surface area (Å²) < 4.78 is 2.04. The van der Waals surface area contributed by atoms with Crippen molar-refractivity contribution in [1.82, 2.24) is 15.2 Å². The summed E-state index contributed by atoms with van der Waals surface area (Å²) in [6.45, 7) is 6.56. The number of unbranched alkanes of at least 4 members (excludes halogenated alkanes) is 1. The van der Waals surface area contributed by atoms with Crippen LogP contribution >= 0.6 is 0 Å². The summed E-state index contributed by atoms with van der Waals surface area (Å²) >= 11 is 0. The first-order valence-corrected chi connectivity index (χ1v) is 6.71. The molecule has 2 atom stereocenters. The second kappa shape index (κ2) is 7.45. The van der Waals surface area contributed by atoms with Crippen molar-refractivity contribution in [2.75, 3.05) is 0 Å². The highest BCUT2D eigenvalue weighted by Gasteiger charge is 2.10.